The molecular weight excluding hydrogens is 375 g/mol. The van der Waals surface area contributed by atoms with Gasteiger partial charge in [-0.15, -0.1) is 0 Å². The van der Waals surface area contributed by atoms with Crippen molar-refractivity contribution >= 4 is 17.7 Å². The summed E-state index contributed by atoms with van der Waals surface area (Å²) in [6.45, 7) is 4.77. The van der Waals surface area contributed by atoms with Crippen molar-refractivity contribution in [1.82, 2.24) is 9.80 Å². The third kappa shape index (κ3) is 7.37. The average molecular weight is 411 g/mol. The fourth-order valence-electron chi connectivity index (χ4n) is 3.96. The zero-order chi connectivity index (χ0) is 20.5. The molecule has 0 radical (unpaired) electrons. The van der Waals surface area contributed by atoms with Gasteiger partial charge in [0.25, 0.3) is 0 Å². The molecule has 28 heavy (non-hydrogen) atoms. The van der Waals surface area contributed by atoms with Gasteiger partial charge in [0, 0.05) is 31.8 Å². The molecule has 1 fully saturated rings. The van der Waals surface area contributed by atoms with Crippen molar-refractivity contribution < 1.29 is 14.3 Å². The van der Waals surface area contributed by atoms with E-state index in [1.165, 1.54) is 12.1 Å². The van der Waals surface area contributed by atoms with Crippen LogP contribution in [0.1, 0.15) is 38.2 Å². The molecule has 1 aliphatic heterocycles. The number of carbonyl (C=O) groups is 1. The van der Waals surface area contributed by atoms with E-state index in [-0.39, 0.29) is 23.9 Å². The van der Waals surface area contributed by atoms with E-state index in [4.69, 9.17) is 0 Å². The molecule has 1 aromatic rings. The highest BCUT2D eigenvalue weighted by Crippen LogP contribution is 2.27. The number of carbonyl (C=O) groups excluding carboxylic acids is 1. The monoisotopic (exact) mass is 410 g/mol. The van der Waals surface area contributed by atoms with Crippen LogP contribution in [0.4, 0.5) is 4.39 Å². The van der Waals surface area contributed by atoms with Crippen LogP contribution in [0.25, 0.3) is 0 Å². The topological polar surface area (TPSA) is 43.8 Å². The van der Waals surface area contributed by atoms with Crippen LogP contribution in [-0.2, 0) is 11.2 Å². The van der Waals surface area contributed by atoms with Crippen molar-refractivity contribution in [2.75, 3.05) is 38.7 Å². The molecule has 2 rings (SSSR count). The average Bonchev–Trinajstić information content (AvgIpc) is 2.70. The Labute approximate surface area is 173 Å². The van der Waals surface area contributed by atoms with E-state index < -0.39 is 0 Å². The molecule has 6 heteroatoms. The normalized spacial score (nSPS) is 18.0. The second-order valence-corrected chi connectivity index (χ2v) is 8.95. The lowest BCUT2D eigenvalue weighted by atomic mass is 9.84. The van der Waals surface area contributed by atoms with E-state index >= 15 is 0 Å². The van der Waals surface area contributed by atoms with Crippen molar-refractivity contribution in [3.8, 4) is 0 Å². The number of likely N-dealkylation sites (N-methyl/N-ethyl adjacent to an activating group) is 1. The molecule has 1 amide bonds. The van der Waals surface area contributed by atoms with Gasteiger partial charge < -0.3 is 14.9 Å². The highest BCUT2D eigenvalue weighted by atomic mass is 32.2. The number of likely N-dealkylation sites (tertiary alicyclic amines) is 1. The summed E-state index contributed by atoms with van der Waals surface area (Å²) in [4.78, 5) is 17.0. The highest BCUT2D eigenvalue weighted by molar-refractivity contribution is 7.98. The Morgan fingerprint density at radius 2 is 1.96 bits per heavy atom. The van der Waals surface area contributed by atoms with Crippen LogP contribution in [-0.4, -0.2) is 71.6 Å². The van der Waals surface area contributed by atoms with Crippen LogP contribution in [0.5, 0.6) is 0 Å². The van der Waals surface area contributed by atoms with Gasteiger partial charge in [0.2, 0.25) is 5.91 Å². The number of piperidine rings is 1. The van der Waals surface area contributed by atoms with Crippen LogP contribution in [0, 0.1) is 11.7 Å². The van der Waals surface area contributed by atoms with Gasteiger partial charge in [-0.25, -0.2) is 4.39 Å². The van der Waals surface area contributed by atoms with Crippen LogP contribution in [0.2, 0.25) is 0 Å². The molecule has 1 saturated heterocycles. The first-order chi connectivity index (χ1) is 13.4. The lowest BCUT2D eigenvalue weighted by Crippen LogP contribution is -2.47. The van der Waals surface area contributed by atoms with Crippen LogP contribution >= 0.6 is 11.8 Å². The van der Waals surface area contributed by atoms with E-state index in [1.54, 1.807) is 11.8 Å². The van der Waals surface area contributed by atoms with Gasteiger partial charge in [-0.3, -0.25) is 4.79 Å². The summed E-state index contributed by atoms with van der Waals surface area (Å²) >= 11 is 1.69. The first kappa shape index (κ1) is 23.2. The number of rotatable bonds is 10. The first-order valence-corrected chi connectivity index (χ1v) is 11.7. The molecule has 2 unspecified atom stereocenters. The maximum absolute atomic E-state index is 13.3. The van der Waals surface area contributed by atoms with E-state index in [1.807, 2.05) is 37.3 Å². The molecule has 0 aliphatic carbocycles. The Bertz CT molecular complexity index is 589. The number of hydrogen-bond donors (Lipinski definition) is 1. The van der Waals surface area contributed by atoms with Gasteiger partial charge in [-0.1, -0.05) is 12.1 Å². The van der Waals surface area contributed by atoms with Crippen molar-refractivity contribution in [3.05, 3.63) is 35.6 Å². The smallest absolute Gasteiger partial charge is 0.223 e. The van der Waals surface area contributed by atoms with Crippen LogP contribution in [0.15, 0.2) is 24.3 Å². The number of aliphatic hydroxyl groups excluding tert-OH is 1. The summed E-state index contributed by atoms with van der Waals surface area (Å²) in [6, 6.07) is 6.81. The van der Waals surface area contributed by atoms with E-state index in [0.717, 1.165) is 56.6 Å². The fourth-order valence-corrected chi connectivity index (χ4v) is 4.34. The minimum absolute atomic E-state index is 0.138. The standard InChI is InChI=1S/C22H35FN2O2S/c1-17(26)8-12-25-13-9-19(10-14-25)21(24(2)22(27)11-15-28-3)16-18-4-6-20(23)7-5-18/h4-7,17,19,21,26H,8-16H2,1-3H3. The van der Waals surface area contributed by atoms with Crippen LogP contribution in [0.3, 0.4) is 0 Å². The Hall–Kier alpha value is -1.11. The number of nitrogens with zero attached hydrogens (tertiary/aromatic N) is 2. The molecule has 0 bridgehead atoms. The molecule has 4 nitrogen and oxygen atoms in total. The van der Waals surface area contributed by atoms with Gasteiger partial charge in [-0.2, -0.15) is 11.8 Å². The van der Waals surface area contributed by atoms with Gasteiger partial charge in [0.1, 0.15) is 5.82 Å². The molecule has 158 valence electrons. The van der Waals surface area contributed by atoms with Crippen molar-refractivity contribution in [3.63, 3.8) is 0 Å². The van der Waals surface area contributed by atoms with Crippen LogP contribution < -0.4 is 0 Å². The van der Waals surface area contributed by atoms with Gasteiger partial charge >= 0.3 is 0 Å². The Kier molecular flexibility index (Phi) is 9.75. The molecule has 2 atom stereocenters. The third-order valence-corrected chi connectivity index (χ3v) is 6.42. The highest BCUT2D eigenvalue weighted by Gasteiger charge is 2.31. The number of aliphatic hydroxyl groups is 1. The number of halogens is 1. The molecule has 0 spiro atoms. The molecule has 1 N–H and O–H groups in total. The molecule has 1 heterocycles. The number of hydrogen-bond acceptors (Lipinski definition) is 4. The third-order valence-electron chi connectivity index (χ3n) is 5.81. The summed E-state index contributed by atoms with van der Waals surface area (Å²) in [5.74, 6) is 1.25. The minimum atomic E-state index is -0.260. The van der Waals surface area contributed by atoms with Crippen molar-refractivity contribution in [1.29, 1.82) is 0 Å². The minimum Gasteiger partial charge on any atom is -0.393 e. The predicted octanol–water partition coefficient (Wildman–Crippen LogP) is 3.43. The Balaban J connectivity index is 2.03. The molecule has 1 aromatic carbocycles. The Morgan fingerprint density at radius 3 is 2.54 bits per heavy atom. The van der Waals surface area contributed by atoms with Gasteiger partial charge in [0.15, 0.2) is 0 Å². The van der Waals surface area contributed by atoms with Crippen molar-refractivity contribution in [2.24, 2.45) is 5.92 Å². The fraction of sp³-hybridized carbons (Fsp3) is 0.682. The number of thioether (sulfide) groups is 1. The summed E-state index contributed by atoms with van der Waals surface area (Å²) in [5, 5.41) is 9.51. The van der Waals surface area contributed by atoms with E-state index in [9.17, 15) is 14.3 Å². The number of amides is 1. The largest absolute Gasteiger partial charge is 0.393 e. The maximum Gasteiger partial charge on any atom is 0.223 e. The van der Waals surface area contributed by atoms with Gasteiger partial charge in [0.05, 0.1) is 6.10 Å². The summed E-state index contributed by atoms with van der Waals surface area (Å²) in [6.07, 6.45) is 5.98. The summed E-state index contributed by atoms with van der Waals surface area (Å²) in [5.41, 5.74) is 1.08. The maximum atomic E-state index is 13.3. The lowest BCUT2D eigenvalue weighted by Gasteiger charge is -2.40. The second kappa shape index (κ2) is 11.8. The van der Waals surface area contributed by atoms with E-state index in [2.05, 4.69) is 4.90 Å². The van der Waals surface area contributed by atoms with Crippen molar-refractivity contribution in [2.45, 2.75) is 51.2 Å². The lowest BCUT2D eigenvalue weighted by molar-refractivity contribution is -0.133. The van der Waals surface area contributed by atoms with E-state index in [0.29, 0.717) is 12.3 Å². The first-order valence-electron chi connectivity index (χ1n) is 10.3. The molecule has 0 saturated carbocycles. The number of benzene rings is 1. The SMILES string of the molecule is CSCCC(=O)N(C)C(Cc1ccc(F)cc1)C1CCN(CCC(C)O)CC1. The Morgan fingerprint density at radius 1 is 1.32 bits per heavy atom. The quantitative estimate of drug-likeness (QED) is 0.642. The molecule has 1 aliphatic rings. The van der Waals surface area contributed by atoms with Gasteiger partial charge in [-0.05, 0) is 75.6 Å². The summed E-state index contributed by atoms with van der Waals surface area (Å²) in [7, 11) is 1.93. The predicted molar refractivity (Wildman–Crippen MR) is 115 cm³/mol. The molecular formula is C22H35FN2O2S. The zero-order valence-electron chi connectivity index (χ0n) is 17.4. The summed E-state index contributed by atoms with van der Waals surface area (Å²) < 4.78 is 13.3. The second-order valence-electron chi connectivity index (χ2n) is 7.96. The zero-order valence-corrected chi connectivity index (χ0v) is 18.3. The molecule has 0 aromatic heterocycles.